The Morgan fingerprint density at radius 1 is 1.15 bits per heavy atom. The predicted octanol–water partition coefficient (Wildman–Crippen LogP) is 4.37. The molecule has 0 amide bonds. The van der Waals surface area contributed by atoms with E-state index in [1.165, 1.54) is 6.07 Å². The number of hydrogen-bond acceptors (Lipinski definition) is 5. The predicted molar refractivity (Wildman–Crippen MR) is 91.7 cm³/mol. The Hall–Kier alpha value is -1.83. The Bertz CT molecular complexity index is 656. The Kier molecular flexibility index (Phi) is 5.38. The average molecular weight is 386 g/mol. The molecule has 1 aromatic heterocycles. The van der Waals surface area contributed by atoms with Crippen LogP contribution in [0.3, 0.4) is 0 Å². The first kappa shape index (κ1) is 19.9. The molecule has 1 unspecified atom stereocenters. The first-order chi connectivity index (χ1) is 12.5. The van der Waals surface area contributed by atoms with Crippen LogP contribution in [-0.2, 0) is 15.7 Å². The third-order valence-corrected chi connectivity index (χ3v) is 5.01. The maximum atomic E-state index is 12.7. The first-order valence-corrected chi connectivity index (χ1v) is 9.24. The van der Waals surface area contributed by atoms with Crippen LogP contribution in [0.25, 0.3) is 0 Å². The van der Waals surface area contributed by atoms with Gasteiger partial charge in [0.05, 0.1) is 11.0 Å². The fourth-order valence-corrected chi connectivity index (χ4v) is 3.57. The summed E-state index contributed by atoms with van der Waals surface area (Å²) in [5, 5.41) is 1.83. The largest absolute Gasteiger partial charge is 0.462 e. The number of alkyl halides is 3. The van der Waals surface area contributed by atoms with Crippen molar-refractivity contribution < 1.29 is 27.5 Å². The number of aromatic nitrogens is 1. The molecule has 5 nitrogen and oxygen atoms in total. The average Bonchev–Trinajstić information content (AvgIpc) is 2.54. The molecule has 3 atom stereocenters. The normalized spacial score (nSPS) is 26.5. The van der Waals surface area contributed by atoms with E-state index in [-0.39, 0.29) is 30.0 Å². The number of hydroxylamine groups is 2. The molecule has 2 bridgehead atoms. The van der Waals surface area contributed by atoms with Crippen molar-refractivity contribution in [1.82, 2.24) is 10.0 Å². The van der Waals surface area contributed by atoms with Crippen molar-refractivity contribution in [2.45, 2.75) is 77.2 Å². The van der Waals surface area contributed by atoms with Gasteiger partial charge in [0.25, 0.3) is 0 Å². The highest BCUT2D eigenvalue weighted by Gasteiger charge is 2.42. The molecule has 0 N–H and O–H groups in total. The molecule has 3 heterocycles. The molecular formula is C19H25F3N2O3. The SMILES string of the molecule is CC(C)(C)C(=O)OC1C[C@H]2CCC[C@@H](C1)N2Oc1ccc(C(F)(F)F)cn1. The van der Waals surface area contributed by atoms with Gasteiger partial charge in [-0.1, -0.05) is 6.42 Å². The quantitative estimate of drug-likeness (QED) is 0.722. The second kappa shape index (κ2) is 7.30. The molecule has 3 rings (SSSR count). The number of fused-ring (bicyclic) bond motifs is 2. The number of ether oxygens (including phenoxy) is 1. The van der Waals surface area contributed by atoms with Crippen molar-refractivity contribution in [3.63, 3.8) is 0 Å². The summed E-state index contributed by atoms with van der Waals surface area (Å²) >= 11 is 0. The molecule has 8 heteroatoms. The molecule has 150 valence electrons. The minimum absolute atomic E-state index is 0.0550. The van der Waals surface area contributed by atoms with E-state index in [2.05, 4.69) is 4.98 Å². The monoisotopic (exact) mass is 386 g/mol. The van der Waals surface area contributed by atoms with Gasteiger partial charge in [-0.15, -0.1) is 5.06 Å². The lowest BCUT2D eigenvalue weighted by Gasteiger charge is -2.46. The lowest BCUT2D eigenvalue weighted by molar-refractivity contribution is -0.200. The van der Waals surface area contributed by atoms with E-state index in [1.807, 2.05) is 25.8 Å². The zero-order chi connectivity index (χ0) is 19.8. The number of carbonyl (C=O) groups is 1. The van der Waals surface area contributed by atoms with E-state index >= 15 is 0 Å². The second-order valence-corrected chi connectivity index (χ2v) is 8.32. The molecule has 2 saturated heterocycles. The number of pyridine rings is 1. The molecule has 0 saturated carbocycles. The Balaban J connectivity index is 1.65. The molecule has 2 aliphatic rings. The number of rotatable bonds is 3. The summed E-state index contributed by atoms with van der Waals surface area (Å²) in [6.07, 6.45) is 0.335. The topological polar surface area (TPSA) is 51.7 Å². The van der Waals surface area contributed by atoms with Crippen molar-refractivity contribution in [2.75, 3.05) is 0 Å². The van der Waals surface area contributed by atoms with Crippen LogP contribution in [0, 0.1) is 5.41 Å². The van der Waals surface area contributed by atoms with Crippen molar-refractivity contribution in [1.29, 1.82) is 0 Å². The lowest BCUT2D eigenvalue weighted by Crippen LogP contribution is -2.55. The maximum Gasteiger partial charge on any atom is 0.417 e. The number of nitrogens with zero attached hydrogens (tertiary/aromatic N) is 2. The van der Waals surface area contributed by atoms with Crippen LogP contribution in [0.1, 0.15) is 58.4 Å². The van der Waals surface area contributed by atoms with Crippen molar-refractivity contribution in [3.8, 4) is 5.88 Å². The van der Waals surface area contributed by atoms with Gasteiger partial charge in [0.15, 0.2) is 0 Å². The molecular weight excluding hydrogens is 361 g/mol. The van der Waals surface area contributed by atoms with Crippen LogP contribution < -0.4 is 4.84 Å². The number of hydrogen-bond donors (Lipinski definition) is 0. The molecule has 0 aromatic carbocycles. The Morgan fingerprint density at radius 3 is 2.26 bits per heavy atom. The standard InChI is InChI=1S/C19H25F3N2O3/c1-18(2,3)17(25)26-15-9-13-5-4-6-14(10-15)24(13)27-16-8-7-12(11-23-16)19(20,21)22/h7-8,11,13-15H,4-6,9-10H2,1-3H3/t13-,14+,15?. The summed E-state index contributed by atoms with van der Waals surface area (Å²) in [5.41, 5.74) is -1.35. The summed E-state index contributed by atoms with van der Waals surface area (Å²) < 4.78 is 43.7. The third-order valence-electron chi connectivity index (χ3n) is 5.01. The van der Waals surface area contributed by atoms with Crippen LogP contribution in [0.5, 0.6) is 5.88 Å². The number of carbonyl (C=O) groups excluding carboxylic acids is 1. The summed E-state index contributed by atoms with van der Waals surface area (Å²) in [4.78, 5) is 21.8. The van der Waals surface area contributed by atoms with Crippen molar-refractivity contribution in [3.05, 3.63) is 23.9 Å². The van der Waals surface area contributed by atoms with Crippen LogP contribution >= 0.6 is 0 Å². The van der Waals surface area contributed by atoms with Crippen LogP contribution in [0.15, 0.2) is 18.3 Å². The van der Waals surface area contributed by atoms with Gasteiger partial charge in [-0.05, 0) is 39.7 Å². The highest BCUT2D eigenvalue weighted by atomic mass is 19.4. The molecule has 0 aliphatic carbocycles. The van der Waals surface area contributed by atoms with Gasteiger partial charge >= 0.3 is 12.1 Å². The fraction of sp³-hybridized carbons (Fsp3) is 0.684. The number of esters is 1. The minimum atomic E-state index is -4.42. The highest BCUT2D eigenvalue weighted by Crippen LogP contribution is 2.37. The lowest BCUT2D eigenvalue weighted by atomic mass is 9.84. The highest BCUT2D eigenvalue weighted by molar-refractivity contribution is 5.75. The minimum Gasteiger partial charge on any atom is -0.462 e. The molecule has 2 fully saturated rings. The zero-order valence-corrected chi connectivity index (χ0v) is 15.8. The van der Waals surface area contributed by atoms with Gasteiger partial charge in [-0.3, -0.25) is 4.79 Å². The van der Waals surface area contributed by atoms with Gasteiger partial charge in [0, 0.05) is 37.2 Å². The van der Waals surface area contributed by atoms with Crippen molar-refractivity contribution in [2.24, 2.45) is 5.41 Å². The first-order valence-electron chi connectivity index (χ1n) is 9.24. The molecule has 1 aromatic rings. The van der Waals surface area contributed by atoms with Gasteiger partial charge in [-0.2, -0.15) is 13.2 Å². The van der Waals surface area contributed by atoms with Crippen LogP contribution in [0.2, 0.25) is 0 Å². The molecule has 0 spiro atoms. The van der Waals surface area contributed by atoms with E-state index in [0.29, 0.717) is 12.8 Å². The van der Waals surface area contributed by atoms with E-state index in [0.717, 1.165) is 31.5 Å². The van der Waals surface area contributed by atoms with Crippen LogP contribution in [-0.4, -0.2) is 34.2 Å². The summed E-state index contributed by atoms with van der Waals surface area (Å²) in [7, 11) is 0. The van der Waals surface area contributed by atoms with E-state index in [4.69, 9.17) is 9.57 Å². The van der Waals surface area contributed by atoms with E-state index in [1.54, 1.807) is 0 Å². The summed E-state index contributed by atoms with van der Waals surface area (Å²) in [6.45, 7) is 5.47. The van der Waals surface area contributed by atoms with Gasteiger partial charge in [-0.25, -0.2) is 4.98 Å². The Morgan fingerprint density at radius 2 is 1.78 bits per heavy atom. The fourth-order valence-electron chi connectivity index (χ4n) is 3.57. The van der Waals surface area contributed by atoms with Gasteiger partial charge < -0.3 is 9.57 Å². The number of halogens is 3. The maximum absolute atomic E-state index is 12.7. The summed E-state index contributed by atoms with van der Waals surface area (Å²) in [5.74, 6) is -0.0746. The smallest absolute Gasteiger partial charge is 0.417 e. The van der Waals surface area contributed by atoms with E-state index in [9.17, 15) is 18.0 Å². The zero-order valence-electron chi connectivity index (χ0n) is 15.8. The van der Waals surface area contributed by atoms with E-state index < -0.39 is 17.2 Å². The van der Waals surface area contributed by atoms with Crippen molar-refractivity contribution >= 4 is 5.97 Å². The Labute approximate surface area is 156 Å². The molecule has 2 aliphatic heterocycles. The van der Waals surface area contributed by atoms with Gasteiger partial charge in [0.2, 0.25) is 5.88 Å². The van der Waals surface area contributed by atoms with Gasteiger partial charge in [0.1, 0.15) is 6.10 Å². The summed E-state index contributed by atoms with van der Waals surface area (Å²) in [6, 6.07) is 2.32. The second-order valence-electron chi connectivity index (χ2n) is 8.32. The molecule has 27 heavy (non-hydrogen) atoms. The number of piperidine rings is 2. The van der Waals surface area contributed by atoms with Crippen LogP contribution in [0.4, 0.5) is 13.2 Å². The molecule has 0 radical (unpaired) electrons. The third kappa shape index (κ3) is 4.72.